The van der Waals surface area contributed by atoms with Gasteiger partial charge in [-0.25, -0.2) is 23.1 Å². The lowest BCUT2D eigenvalue weighted by Crippen LogP contribution is -2.52. The average molecular weight is 948 g/mol. The normalized spacial score (nSPS) is 20.3. The number of hydrogen-bond donors (Lipinski definition) is 1. The SMILES string of the molecule is C=C(Cl)C(=O)N1CCN(c2ncnc3c(F)c(-c4c(F)cccc4OCCN4CCC(CCN5CCC(c6cc(F)cc7c6CN(C6CCC(=O)NC6=O)C7=O)CC5)CC4)c(Cl)cc23)CC1. The van der Waals surface area contributed by atoms with Crippen molar-refractivity contribution in [1.82, 2.24) is 34.9 Å². The molecule has 4 aromatic rings. The van der Waals surface area contributed by atoms with E-state index in [-0.39, 0.29) is 82.1 Å². The summed E-state index contributed by atoms with van der Waals surface area (Å²) in [6, 6.07) is 8.02. The lowest BCUT2D eigenvalue weighted by atomic mass is 9.85. The number of aromatic nitrogens is 2. The molecule has 6 heterocycles. The number of nitrogens with zero attached hydrogens (tertiary/aromatic N) is 7. The Balaban J connectivity index is 0.754. The highest BCUT2D eigenvalue weighted by molar-refractivity contribution is 6.41. The number of carbonyl (C=O) groups excluding carboxylic acids is 4. The number of piperidine rings is 3. The number of piperazine rings is 1. The topological polar surface area (TPSA) is 132 Å². The van der Waals surface area contributed by atoms with Crippen LogP contribution in [0.4, 0.5) is 19.0 Å². The molecule has 1 aromatic heterocycles. The summed E-state index contributed by atoms with van der Waals surface area (Å²) in [6.45, 7) is 10.7. The monoisotopic (exact) mass is 946 g/mol. The summed E-state index contributed by atoms with van der Waals surface area (Å²) in [6.07, 6.45) is 6.52. The molecule has 348 valence electrons. The van der Waals surface area contributed by atoms with Gasteiger partial charge in [-0.3, -0.25) is 29.4 Å². The van der Waals surface area contributed by atoms with Gasteiger partial charge in [0.2, 0.25) is 11.8 Å². The van der Waals surface area contributed by atoms with Gasteiger partial charge in [0.25, 0.3) is 11.8 Å². The van der Waals surface area contributed by atoms with Gasteiger partial charge in [0, 0.05) is 62.2 Å². The number of halogens is 5. The van der Waals surface area contributed by atoms with E-state index in [0.717, 1.165) is 76.0 Å². The number of nitrogens with one attached hydrogen (secondary N) is 1. The van der Waals surface area contributed by atoms with E-state index in [0.29, 0.717) is 55.4 Å². The summed E-state index contributed by atoms with van der Waals surface area (Å²) in [4.78, 5) is 68.4. The molecule has 4 amide bonds. The molecule has 4 fully saturated rings. The number of rotatable bonds is 12. The van der Waals surface area contributed by atoms with Gasteiger partial charge in [0.15, 0.2) is 5.82 Å². The molecule has 66 heavy (non-hydrogen) atoms. The quantitative estimate of drug-likeness (QED) is 0.118. The maximum absolute atomic E-state index is 16.5. The molecule has 0 radical (unpaired) electrons. The van der Waals surface area contributed by atoms with E-state index in [1.54, 1.807) is 23.1 Å². The Bertz CT molecular complexity index is 2580. The van der Waals surface area contributed by atoms with Crippen molar-refractivity contribution in [2.75, 3.05) is 77.0 Å². The van der Waals surface area contributed by atoms with Crippen LogP contribution >= 0.6 is 23.2 Å². The fourth-order valence-electron chi connectivity index (χ4n) is 10.4. The summed E-state index contributed by atoms with van der Waals surface area (Å²) in [5.41, 5.74) is 1.73. The maximum Gasteiger partial charge on any atom is 0.264 e. The van der Waals surface area contributed by atoms with Crippen molar-refractivity contribution < 1.29 is 37.1 Å². The van der Waals surface area contributed by atoms with E-state index in [2.05, 4.69) is 31.7 Å². The van der Waals surface area contributed by atoms with Crippen molar-refractivity contribution in [3.05, 3.63) is 93.5 Å². The minimum atomic E-state index is -0.790. The summed E-state index contributed by atoms with van der Waals surface area (Å²) in [7, 11) is 0. The Labute approximate surface area is 390 Å². The predicted molar refractivity (Wildman–Crippen MR) is 244 cm³/mol. The molecule has 0 aliphatic carbocycles. The molecule has 3 aromatic carbocycles. The third-order valence-corrected chi connectivity index (χ3v) is 14.5. The number of fused-ring (bicyclic) bond motifs is 2. The van der Waals surface area contributed by atoms with Crippen LogP contribution in [-0.4, -0.2) is 131 Å². The Morgan fingerprint density at radius 2 is 1.61 bits per heavy atom. The zero-order valence-electron chi connectivity index (χ0n) is 36.5. The van der Waals surface area contributed by atoms with Crippen LogP contribution in [0, 0.1) is 23.4 Å². The van der Waals surface area contributed by atoms with Crippen LogP contribution in [0.5, 0.6) is 5.75 Å². The number of amides is 4. The minimum Gasteiger partial charge on any atom is -0.491 e. The molecular formula is C48H51Cl2F3N8O5. The lowest BCUT2D eigenvalue weighted by molar-refractivity contribution is -0.137. The number of anilines is 1. The molecule has 1 atom stereocenters. The first-order valence-corrected chi connectivity index (χ1v) is 23.4. The number of carbonyl (C=O) groups is 4. The van der Waals surface area contributed by atoms with Crippen LogP contribution in [0.1, 0.15) is 72.3 Å². The Hall–Kier alpha value is -5.29. The molecule has 4 saturated heterocycles. The Morgan fingerprint density at radius 3 is 2.33 bits per heavy atom. The van der Waals surface area contributed by atoms with Crippen LogP contribution < -0.4 is 15.0 Å². The van der Waals surface area contributed by atoms with Gasteiger partial charge in [-0.1, -0.05) is 35.8 Å². The number of ether oxygens (including phenoxy) is 1. The molecular weight excluding hydrogens is 896 g/mol. The van der Waals surface area contributed by atoms with Crippen LogP contribution in [0.25, 0.3) is 22.0 Å². The number of likely N-dealkylation sites (tertiary alicyclic amines) is 2. The summed E-state index contributed by atoms with van der Waals surface area (Å²) in [5.74, 6) is -2.14. The van der Waals surface area contributed by atoms with E-state index in [4.69, 9.17) is 27.9 Å². The number of imide groups is 1. The van der Waals surface area contributed by atoms with Crippen molar-refractivity contribution >= 4 is 63.6 Å². The van der Waals surface area contributed by atoms with Gasteiger partial charge < -0.3 is 24.3 Å². The maximum atomic E-state index is 16.5. The number of benzene rings is 3. The third-order valence-electron chi connectivity index (χ3n) is 14.0. The molecule has 1 unspecified atom stereocenters. The van der Waals surface area contributed by atoms with E-state index in [9.17, 15) is 23.6 Å². The second-order valence-corrected chi connectivity index (χ2v) is 18.8. The second kappa shape index (κ2) is 19.5. The van der Waals surface area contributed by atoms with Gasteiger partial charge in [0.05, 0.1) is 15.6 Å². The first-order chi connectivity index (χ1) is 31.8. The zero-order valence-corrected chi connectivity index (χ0v) is 38.0. The molecule has 13 nitrogen and oxygen atoms in total. The van der Waals surface area contributed by atoms with Crippen LogP contribution in [0.3, 0.4) is 0 Å². The third kappa shape index (κ3) is 9.34. The van der Waals surface area contributed by atoms with E-state index in [1.807, 2.05) is 4.90 Å². The standard InChI is InChI=1S/C48H51Cl2F3N8O5/c1-28(49)47(64)60-19-17-59(18-20-60)45-34-25-36(50)41(43(53)44(34)54-27-55-45)42-37(52)3-2-4-39(42)66-22-21-58-13-8-29(9-14-58)7-12-57-15-10-30(11-16-57)32-23-31(51)24-33-35(32)26-61(48(33)65)38-5-6-40(62)56-46(38)63/h2-4,23-25,27,29-30,38H,1,5-22,26H2,(H,56,62,63). The molecule has 1 N–H and O–H groups in total. The van der Waals surface area contributed by atoms with Gasteiger partial charge >= 0.3 is 0 Å². The van der Waals surface area contributed by atoms with E-state index in [1.165, 1.54) is 29.4 Å². The van der Waals surface area contributed by atoms with Crippen LogP contribution in [0.2, 0.25) is 5.02 Å². The van der Waals surface area contributed by atoms with Crippen molar-refractivity contribution in [3.8, 4) is 16.9 Å². The van der Waals surface area contributed by atoms with Gasteiger partial charge in [0.1, 0.15) is 47.7 Å². The first-order valence-electron chi connectivity index (χ1n) is 22.7. The van der Waals surface area contributed by atoms with Crippen molar-refractivity contribution in [3.63, 3.8) is 0 Å². The largest absolute Gasteiger partial charge is 0.491 e. The highest BCUT2D eigenvalue weighted by atomic mass is 35.5. The molecule has 0 spiro atoms. The molecule has 0 bridgehead atoms. The van der Waals surface area contributed by atoms with Crippen molar-refractivity contribution in [2.45, 2.75) is 63.5 Å². The highest BCUT2D eigenvalue weighted by Gasteiger charge is 2.41. The molecule has 5 aliphatic heterocycles. The van der Waals surface area contributed by atoms with Crippen molar-refractivity contribution in [1.29, 1.82) is 0 Å². The van der Waals surface area contributed by atoms with Crippen LogP contribution in [0.15, 0.2) is 54.3 Å². The van der Waals surface area contributed by atoms with Crippen LogP contribution in [-0.2, 0) is 20.9 Å². The lowest BCUT2D eigenvalue weighted by Gasteiger charge is -2.36. The summed E-state index contributed by atoms with van der Waals surface area (Å²) >= 11 is 12.6. The fraction of sp³-hybridized carbons (Fsp3) is 0.458. The number of hydrogen-bond acceptors (Lipinski definition) is 10. The predicted octanol–water partition coefficient (Wildman–Crippen LogP) is 6.89. The van der Waals surface area contributed by atoms with Crippen molar-refractivity contribution in [2.24, 2.45) is 5.92 Å². The second-order valence-electron chi connectivity index (χ2n) is 17.9. The fourth-order valence-corrected chi connectivity index (χ4v) is 10.8. The van der Waals surface area contributed by atoms with Gasteiger partial charge in [-0.15, -0.1) is 0 Å². The Morgan fingerprint density at radius 1 is 0.879 bits per heavy atom. The molecule has 9 rings (SSSR count). The zero-order chi connectivity index (χ0) is 46.2. The average Bonchev–Trinajstić information content (AvgIpc) is 3.63. The van der Waals surface area contributed by atoms with E-state index >= 15 is 8.78 Å². The smallest absolute Gasteiger partial charge is 0.264 e. The van der Waals surface area contributed by atoms with E-state index < -0.39 is 29.4 Å². The molecule has 5 aliphatic rings. The first kappa shape index (κ1) is 45.8. The van der Waals surface area contributed by atoms with Gasteiger partial charge in [-0.2, -0.15) is 0 Å². The Kier molecular flexibility index (Phi) is 13.6. The highest BCUT2D eigenvalue weighted by Crippen LogP contribution is 2.43. The summed E-state index contributed by atoms with van der Waals surface area (Å²) < 4.78 is 53.3. The van der Waals surface area contributed by atoms with Gasteiger partial charge in [-0.05, 0) is 125 Å². The molecule has 0 saturated carbocycles. The molecule has 18 heteroatoms. The minimum absolute atomic E-state index is 0.0133. The summed E-state index contributed by atoms with van der Waals surface area (Å²) in [5, 5.41) is 2.62.